The van der Waals surface area contributed by atoms with Gasteiger partial charge >= 0.3 is 0 Å². The second kappa shape index (κ2) is 6.33. The van der Waals surface area contributed by atoms with Gasteiger partial charge in [0.2, 0.25) is 11.8 Å². The number of nitrogens with two attached hydrogens (primary N) is 1. The Morgan fingerprint density at radius 3 is 2.89 bits per heavy atom. The van der Waals surface area contributed by atoms with Crippen LogP contribution < -0.4 is 16.4 Å². The van der Waals surface area contributed by atoms with E-state index in [1.165, 1.54) is 0 Å². The van der Waals surface area contributed by atoms with E-state index in [1.54, 1.807) is 18.2 Å². The number of hydrogen-bond donors (Lipinski definition) is 3. The molecule has 0 saturated carbocycles. The summed E-state index contributed by atoms with van der Waals surface area (Å²) in [4.78, 5) is 23.0. The summed E-state index contributed by atoms with van der Waals surface area (Å²) in [5.41, 5.74) is 6.56. The van der Waals surface area contributed by atoms with Gasteiger partial charge in [-0.25, -0.2) is 0 Å². The van der Waals surface area contributed by atoms with Crippen molar-refractivity contribution in [2.75, 3.05) is 6.54 Å². The van der Waals surface area contributed by atoms with Crippen molar-refractivity contribution in [3.8, 4) is 0 Å². The zero-order chi connectivity index (χ0) is 13.7. The molecule has 0 aliphatic carbocycles. The summed E-state index contributed by atoms with van der Waals surface area (Å²) >= 11 is 0. The molecular weight excluding hydrogens is 242 g/mol. The van der Waals surface area contributed by atoms with Gasteiger partial charge in [0.1, 0.15) is 0 Å². The minimum Gasteiger partial charge on any atom is -0.366 e. The van der Waals surface area contributed by atoms with Crippen molar-refractivity contribution in [2.24, 2.45) is 5.73 Å². The number of nitrogens with one attached hydrogen (secondary N) is 2. The Kier molecular flexibility index (Phi) is 4.52. The molecule has 0 bridgehead atoms. The molecule has 1 aromatic carbocycles. The molecule has 5 heteroatoms. The molecule has 1 aromatic rings. The molecule has 102 valence electrons. The highest BCUT2D eigenvalue weighted by Crippen LogP contribution is 2.08. The van der Waals surface area contributed by atoms with Crippen LogP contribution in [-0.4, -0.2) is 24.4 Å². The van der Waals surface area contributed by atoms with Crippen molar-refractivity contribution in [2.45, 2.75) is 31.8 Å². The minimum atomic E-state index is -0.456. The van der Waals surface area contributed by atoms with Gasteiger partial charge in [0.05, 0.1) is 6.04 Å². The van der Waals surface area contributed by atoms with E-state index in [0.717, 1.165) is 31.4 Å². The average molecular weight is 261 g/mol. The first-order valence-corrected chi connectivity index (χ1v) is 6.56. The maximum Gasteiger partial charge on any atom is 0.248 e. The molecule has 2 amide bonds. The van der Waals surface area contributed by atoms with E-state index in [0.29, 0.717) is 12.1 Å². The van der Waals surface area contributed by atoms with E-state index in [2.05, 4.69) is 10.6 Å². The van der Waals surface area contributed by atoms with Gasteiger partial charge in [-0.1, -0.05) is 18.6 Å². The largest absolute Gasteiger partial charge is 0.366 e. The van der Waals surface area contributed by atoms with Gasteiger partial charge in [-0.05, 0) is 37.1 Å². The van der Waals surface area contributed by atoms with Gasteiger partial charge in [-0.2, -0.15) is 0 Å². The van der Waals surface area contributed by atoms with E-state index < -0.39 is 5.91 Å². The van der Waals surface area contributed by atoms with E-state index in [-0.39, 0.29) is 11.9 Å². The third kappa shape index (κ3) is 3.79. The second-order valence-corrected chi connectivity index (χ2v) is 4.78. The van der Waals surface area contributed by atoms with Crippen LogP contribution in [-0.2, 0) is 11.3 Å². The Labute approximate surface area is 112 Å². The molecule has 0 aromatic heterocycles. The number of carbonyl (C=O) groups excluding carboxylic acids is 2. The Balaban J connectivity index is 1.89. The van der Waals surface area contributed by atoms with Crippen LogP contribution in [0.15, 0.2) is 24.3 Å². The van der Waals surface area contributed by atoms with Crippen LogP contribution in [0.3, 0.4) is 0 Å². The number of rotatable bonds is 4. The molecule has 2 rings (SSSR count). The standard InChI is InChI=1S/C14H19N3O2/c15-13(18)11-5-3-4-10(8-11)9-17-14(19)12-6-1-2-7-16-12/h3-5,8,12,16H,1-2,6-7,9H2,(H2,15,18)(H,17,19). The fourth-order valence-electron chi connectivity index (χ4n) is 2.22. The number of amides is 2. The molecule has 1 aliphatic heterocycles. The topological polar surface area (TPSA) is 84.2 Å². The van der Waals surface area contributed by atoms with Crippen molar-refractivity contribution >= 4 is 11.8 Å². The lowest BCUT2D eigenvalue weighted by Crippen LogP contribution is -2.46. The summed E-state index contributed by atoms with van der Waals surface area (Å²) in [6, 6.07) is 6.91. The maximum absolute atomic E-state index is 11.9. The lowest BCUT2D eigenvalue weighted by Gasteiger charge is -2.22. The highest BCUT2D eigenvalue weighted by Gasteiger charge is 2.19. The number of benzene rings is 1. The Hall–Kier alpha value is -1.88. The maximum atomic E-state index is 11.9. The van der Waals surface area contributed by atoms with Gasteiger partial charge in [0, 0.05) is 12.1 Å². The van der Waals surface area contributed by atoms with E-state index in [9.17, 15) is 9.59 Å². The summed E-state index contributed by atoms with van der Waals surface area (Å²) in [6.45, 7) is 1.31. The molecule has 1 atom stereocenters. The summed E-state index contributed by atoms with van der Waals surface area (Å²) in [6.07, 6.45) is 3.10. The second-order valence-electron chi connectivity index (χ2n) is 4.78. The van der Waals surface area contributed by atoms with Crippen LogP contribution in [0.4, 0.5) is 0 Å². The van der Waals surface area contributed by atoms with Crippen LogP contribution in [0.25, 0.3) is 0 Å². The summed E-state index contributed by atoms with van der Waals surface area (Å²) in [5, 5.41) is 6.08. The first-order chi connectivity index (χ1) is 9.16. The van der Waals surface area contributed by atoms with Gasteiger partial charge < -0.3 is 16.4 Å². The summed E-state index contributed by atoms with van der Waals surface area (Å²) in [5.74, 6) is -0.439. The molecule has 0 spiro atoms. The van der Waals surface area contributed by atoms with Crippen LogP contribution >= 0.6 is 0 Å². The highest BCUT2D eigenvalue weighted by molar-refractivity contribution is 5.92. The molecular formula is C14H19N3O2. The van der Waals surface area contributed by atoms with Gasteiger partial charge in [-0.3, -0.25) is 9.59 Å². The molecule has 1 saturated heterocycles. The van der Waals surface area contributed by atoms with E-state index in [1.807, 2.05) is 6.07 Å². The molecule has 4 N–H and O–H groups in total. The molecule has 1 aliphatic rings. The van der Waals surface area contributed by atoms with Crippen LogP contribution in [0.2, 0.25) is 0 Å². The quantitative estimate of drug-likeness (QED) is 0.739. The lowest BCUT2D eigenvalue weighted by atomic mass is 10.0. The van der Waals surface area contributed by atoms with Gasteiger partial charge in [0.25, 0.3) is 0 Å². The Morgan fingerprint density at radius 2 is 2.21 bits per heavy atom. The SMILES string of the molecule is NC(=O)c1cccc(CNC(=O)C2CCCCN2)c1. The summed E-state index contributed by atoms with van der Waals surface area (Å²) in [7, 11) is 0. The van der Waals surface area contributed by atoms with Crippen LogP contribution in [0, 0.1) is 0 Å². The Bertz CT molecular complexity index is 468. The van der Waals surface area contributed by atoms with Crippen LogP contribution in [0.1, 0.15) is 35.2 Å². The molecule has 1 unspecified atom stereocenters. The molecule has 1 heterocycles. The minimum absolute atomic E-state index is 0.0178. The van der Waals surface area contributed by atoms with Crippen molar-refractivity contribution in [3.05, 3.63) is 35.4 Å². The fraction of sp³-hybridized carbons (Fsp3) is 0.429. The molecule has 5 nitrogen and oxygen atoms in total. The first-order valence-electron chi connectivity index (χ1n) is 6.56. The zero-order valence-electron chi connectivity index (χ0n) is 10.8. The number of primary amides is 1. The number of piperidine rings is 1. The van der Waals surface area contributed by atoms with Gasteiger partial charge in [-0.15, -0.1) is 0 Å². The molecule has 1 fully saturated rings. The smallest absolute Gasteiger partial charge is 0.248 e. The first kappa shape index (κ1) is 13.5. The number of carbonyl (C=O) groups is 2. The van der Waals surface area contributed by atoms with Gasteiger partial charge in [0.15, 0.2) is 0 Å². The third-order valence-electron chi connectivity index (χ3n) is 3.31. The third-order valence-corrected chi connectivity index (χ3v) is 3.31. The van der Waals surface area contributed by atoms with Crippen molar-refractivity contribution < 1.29 is 9.59 Å². The molecule has 19 heavy (non-hydrogen) atoms. The normalized spacial score (nSPS) is 18.8. The average Bonchev–Trinajstić information content (AvgIpc) is 2.46. The van der Waals surface area contributed by atoms with E-state index in [4.69, 9.17) is 5.73 Å². The lowest BCUT2D eigenvalue weighted by molar-refractivity contribution is -0.123. The fourth-order valence-corrected chi connectivity index (χ4v) is 2.22. The van der Waals surface area contributed by atoms with E-state index >= 15 is 0 Å². The van der Waals surface area contributed by atoms with Crippen molar-refractivity contribution in [3.63, 3.8) is 0 Å². The predicted molar refractivity (Wildman–Crippen MR) is 72.4 cm³/mol. The highest BCUT2D eigenvalue weighted by atomic mass is 16.2. The van der Waals surface area contributed by atoms with Crippen molar-refractivity contribution in [1.29, 1.82) is 0 Å². The monoisotopic (exact) mass is 261 g/mol. The summed E-state index contributed by atoms with van der Waals surface area (Å²) < 4.78 is 0. The molecule has 0 radical (unpaired) electrons. The number of hydrogen-bond acceptors (Lipinski definition) is 3. The van der Waals surface area contributed by atoms with Crippen molar-refractivity contribution in [1.82, 2.24) is 10.6 Å². The zero-order valence-corrected chi connectivity index (χ0v) is 10.8. The Morgan fingerprint density at radius 1 is 1.37 bits per heavy atom. The predicted octanol–water partition coefficient (Wildman–Crippen LogP) is 0.544. The van der Waals surface area contributed by atoms with Crippen LogP contribution in [0.5, 0.6) is 0 Å².